The molecule has 1 fully saturated rings. The van der Waals surface area contributed by atoms with Crippen LogP contribution in [-0.4, -0.2) is 72.3 Å². The fraction of sp³-hybridized carbons (Fsp3) is 0.714. The molecule has 0 aromatic rings. The van der Waals surface area contributed by atoms with Crippen LogP contribution in [0.1, 0.15) is 20.8 Å². The second-order valence-electron chi connectivity index (χ2n) is 5.51. The maximum atomic E-state index is 12.5. The fourth-order valence-electron chi connectivity index (χ4n) is 2.31. The summed E-state index contributed by atoms with van der Waals surface area (Å²) in [5, 5.41) is 11.4. The van der Waals surface area contributed by atoms with Gasteiger partial charge in [-0.25, -0.2) is 0 Å². The third kappa shape index (κ3) is 6.67. The number of carbonyl (C=O) groups excluding carboxylic acids is 4. The zero-order valence-electron chi connectivity index (χ0n) is 14.4. The number of carbonyl (C=O) groups is 4. The van der Waals surface area contributed by atoms with Gasteiger partial charge in [-0.15, -0.1) is 0 Å². The number of hydrogen-bond donors (Lipinski definition) is 2. The second kappa shape index (κ2) is 8.99. The highest BCUT2D eigenvalue weighted by atomic mass is 19.4. The van der Waals surface area contributed by atoms with Crippen LogP contribution in [0.25, 0.3) is 0 Å². The largest absolute Gasteiger partial charge is 0.471 e. The fourth-order valence-corrected chi connectivity index (χ4v) is 2.31. The molecule has 1 aliphatic rings. The molecule has 0 unspecified atom stereocenters. The molecule has 13 heteroatoms. The van der Waals surface area contributed by atoms with Crippen LogP contribution in [0.3, 0.4) is 0 Å². The Morgan fingerprint density at radius 3 is 1.96 bits per heavy atom. The van der Waals surface area contributed by atoms with E-state index in [1.54, 1.807) is 0 Å². The van der Waals surface area contributed by atoms with Crippen molar-refractivity contribution >= 4 is 23.8 Å². The number of aliphatic hydroxyl groups excluding tert-OH is 1. The molecule has 1 rings (SSSR count). The third-order valence-electron chi connectivity index (χ3n) is 3.28. The molecule has 2 N–H and O–H groups in total. The zero-order chi connectivity index (χ0) is 20.9. The van der Waals surface area contributed by atoms with Gasteiger partial charge in [0.2, 0.25) is 0 Å². The number of esters is 3. The van der Waals surface area contributed by atoms with Crippen LogP contribution in [0, 0.1) is 0 Å². The topological polar surface area (TPSA) is 137 Å². The van der Waals surface area contributed by atoms with Crippen molar-refractivity contribution in [2.24, 2.45) is 0 Å². The maximum absolute atomic E-state index is 12.5. The molecule has 0 saturated carbocycles. The minimum Gasteiger partial charge on any atom is -0.463 e. The van der Waals surface area contributed by atoms with Crippen LogP contribution in [0.4, 0.5) is 13.2 Å². The van der Waals surface area contributed by atoms with E-state index >= 15 is 0 Å². The number of hydrogen-bond acceptors (Lipinski definition) is 9. The van der Waals surface area contributed by atoms with Crippen molar-refractivity contribution in [3.8, 4) is 0 Å². The summed E-state index contributed by atoms with van der Waals surface area (Å²) in [4.78, 5) is 44.9. The van der Waals surface area contributed by atoms with Gasteiger partial charge in [-0.2, -0.15) is 13.2 Å². The van der Waals surface area contributed by atoms with Crippen LogP contribution in [0.15, 0.2) is 0 Å². The van der Waals surface area contributed by atoms with Gasteiger partial charge in [-0.1, -0.05) is 0 Å². The SMILES string of the molecule is CC(=O)OC[C@H]1O[C@H](O)[C@H](NC(=O)C(F)(F)F)[C@@H](OC(C)=O)[C@H]1OC(C)=O. The van der Waals surface area contributed by atoms with Crippen LogP contribution in [0.2, 0.25) is 0 Å². The average molecular weight is 401 g/mol. The molecule has 0 bridgehead atoms. The molecule has 5 atom stereocenters. The summed E-state index contributed by atoms with van der Waals surface area (Å²) in [7, 11) is 0. The highest BCUT2D eigenvalue weighted by molar-refractivity contribution is 5.82. The molecule has 27 heavy (non-hydrogen) atoms. The van der Waals surface area contributed by atoms with Gasteiger partial charge >= 0.3 is 30.0 Å². The molecular formula is C14H18F3NO9. The van der Waals surface area contributed by atoms with E-state index in [-0.39, 0.29) is 0 Å². The first-order chi connectivity index (χ1) is 12.3. The molecule has 0 aromatic carbocycles. The van der Waals surface area contributed by atoms with Crippen molar-refractivity contribution in [1.29, 1.82) is 0 Å². The Kier molecular flexibility index (Phi) is 7.54. The summed E-state index contributed by atoms with van der Waals surface area (Å²) in [6.07, 6.45) is -12.1. The highest BCUT2D eigenvalue weighted by Crippen LogP contribution is 2.27. The van der Waals surface area contributed by atoms with Gasteiger partial charge in [0, 0.05) is 20.8 Å². The molecule has 154 valence electrons. The van der Waals surface area contributed by atoms with Crippen molar-refractivity contribution in [1.82, 2.24) is 5.32 Å². The molecule has 0 radical (unpaired) electrons. The minimum absolute atomic E-state index is 0.567. The Morgan fingerprint density at radius 1 is 1.00 bits per heavy atom. The summed E-state index contributed by atoms with van der Waals surface area (Å²) >= 11 is 0. The Labute approximate surface area is 150 Å². The molecule has 1 saturated heterocycles. The van der Waals surface area contributed by atoms with Gasteiger partial charge < -0.3 is 29.4 Å². The van der Waals surface area contributed by atoms with Gasteiger partial charge in [-0.05, 0) is 0 Å². The van der Waals surface area contributed by atoms with Gasteiger partial charge in [0.1, 0.15) is 18.8 Å². The van der Waals surface area contributed by atoms with Gasteiger partial charge in [-0.3, -0.25) is 19.2 Å². The summed E-state index contributed by atoms with van der Waals surface area (Å²) in [6.45, 7) is 2.36. The summed E-state index contributed by atoms with van der Waals surface area (Å²) in [5.41, 5.74) is 0. The molecule has 10 nitrogen and oxygen atoms in total. The average Bonchev–Trinajstić information content (AvgIpc) is 2.49. The molecule has 1 heterocycles. The smallest absolute Gasteiger partial charge is 0.463 e. The molecule has 1 amide bonds. The molecule has 0 spiro atoms. The number of nitrogens with one attached hydrogen (secondary N) is 1. The van der Waals surface area contributed by atoms with E-state index in [0.717, 1.165) is 20.8 Å². The Morgan fingerprint density at radius 2 is 1.52 bits per heavy atom. The standard InChI is InChI=1S/C14H18F3NO9/c1-5(19)24-4-8-10(25-6(2)20)11(26-7(3)21)9(12(22)27-8)18-13(23)14(15,16)17/h8-12,22H,4H2,1-3H3,(H,18,23)/t8-,9-,10+,11-,12+/m1/s1. The molecular weight excluding hydrogens is 383 g/mol. The number of rotatable bonds is 5. The monoisotopic (exact) mass is 401 g/mol. The lowest BCUT2D eigenvalue weighted by molar-refractivity contribution is -0.266. The van der Waals surface area contributed by atoms with Gasteiger partial charge in [0.25, 0.3) is 0 Å². The predicted molar refractivity (Wildman–Crippen MR) is 76.6 cm³/mol. The zero-order valence-corrected chi connectivity index (χ0v) is 14.4. The van der Waals surface area contributed by atoms with Crippen molar-refractivity contribution in [2.45, 2.75) is 57.6 Å². The van der Waals surface area contributed by atoms with Crippen molar-refractivity contribution in [3.63, 3.8) is 0 Å². The predicted octanol–water partition coefficient (Wildman–Crippen LogP) is -0.823. The first kappa shape index (κ1) is 22.6. The van der Waals surface area contributed by atoms with Crippen molar-refractivity contribution in [3.05, 3.63) is 0 Å². The van der Waals surface area contributed by atoms with E-state index in [1.165, 1.54) is 5.32 Å². The van der Waals surface area contributed by atoms with E-state index in [2.05, 4.69) is 0 Å². The van der Waals surface area contributed by atoms with E-state index in [9.17, 15) is 37.5 Å². The molecule has 0 aliphatic carbocycles. The van der Waals surface area contributed by atoms with Crippen LogP contribution >= 0.6 is 0 Å². The van der Waals surface area contributed by atoms with Gasteiger partial charge in [0.15, 0.2) is 18.5 Å². The maximum Gasteiger partial charge on any atom is 0.471 e. The number of ether oxygens (including phenoxy) is 4. The van der Waals surface area contributed by atoms with Crippen LogP contribution < -0.4 is 5.32 Å². The minimum atomic E-state index is -5.30. The van der Waals surface area contributed by atoms with E-state index in [0.29, 0.717) is 0 Å². The first-order valence-corrected chi connectivity index (χ1v) is 7.52. The number of amides is 1. The Hall–Kier alpha value is -2.41. The Bertz CT molecular complexity index is 595. The summed E-state index contributed by atoms with van der Waals surface area (Å²) in [5.74, 6) is -5.12. The normalized spacial score (nSPS) is 28.0. The van der Waals surface area contributed by atoms with E-state index in [4.69, 9.17) is 18.9 Å². The van der Waals surface area contributed by atoms with Crippen LogP contribution in [0.5, 0.6) is 0 Å². The lowest BCUT2D eigenvalue weighted by Crippen LogP contribution is -2.67. The summed E-state index contributed by atoms with van der Waals surface area (Å²) in [6, 6.07) is -1.92. The highest BCUT2D eigenvalue weighted by Gasteiger charge is 2.52. The molecule has 0 aromatic heterocycles. The van der Waals surface area contributed by atoms with Crippen LogP contribution in [-0.2, 0) is 38.1 Å². The first-order valence-electron chi connectivity index (χ1n) is 7.52. The van der Waals surface area contributed by atoms with Crippen molar-refractivity contribution in [2.75, 3.05) is 6.61 Å². The van der Waals surface area contributed by atoms with Crippen molar-refractivity contribution < 1.29 is 56.4 Å². The third-order valence-corrected chi connectivity index (χ3v) is 3.28. The second-order valence-corrected chi connectivity index (χ2v) is 5.51. The van der Waals surface area contributed by atoms with Gasteiger partial charge in [0.05, 0.1) is 0 Å². The summed E-state index contributed by atoms with van der Waals surface area (Å²) < 4.78 is 57.1. The quantitative estimate of drug-likeness (QED) is 0.447. The lowest BCUT2D eigenvalue weighted by Gasteiger charge is -2.43. The van der Waals surface area contributed by atoms with E-state index < -0.39 is 67.2 Å². The lowest BCUT2D eigenvalue weighted by atomic mass is 9.96. The molecule has 1 aliphatic heterocycles. The number of halogens is 3. The Balaban J connectivity index is 3.18. The number of aliphatic hydroxyl groups is 1. The number of alkyl halides is 3. The van der Waals surface area contributed by atoms with E-state index in [1.807, 2.05) is 0 Å².